The number of carbonyl (C=O) groups is 4. The van der Waals surface area contributed by atoms with Crippen LogP contribution in [0.2, 0.25) is 0 Å². The normalized spacial score (nSPS) is 14.3. The summed E-state index contributed by atoms with van der Waals surface area (Å²) in [6, 6.07) is 19.7. The molecule has 2 atom stereocenters. The number of benzene rings is 2. The number of pyridine rings is 1. The minimum Gasteiger partial charge on any atom is -0.449 e. The van der Waals surface area contributed by atoms with E-state index in [9.17, 15) is 28.3 Å². The van der Waals surface area contributed by atoms with E-state index in [0.717, 1.165) is 16.7 Å². The topological polar surface area (TPSA) is 251 Å². The van der Waals surface area contributed by atoms with Crippen molar-refractivity contribution < 1.29 is 61.9 Å². The van der Waals surface area contributed by atoms with Gasteiger partial charge in [-0.05, 0) is 66.1 Å². The molecular formula is C36H47BN4O13P2. The number of Topliss-reactive ketones (excluding diaryl/α,β-unsaturated/α-hetero) is 1. The van der Waals surface area contributed by atoms with Gasteiger partial charge in [0.15, 0.2) is 5.78 Å². The summed E-state index contributed by atoms with van der Waals surface area (Å²) in [6.07, 6.45) is 1.05. The monoisotopic (exact) mass is 816 g/mol. The quantitative estimate of drug-likeness (QED) is 0.0461. The first-order chi connectivity index (χ1) is 26.4. The number of rotatable bonds is 18. The fourth-order valence-corrected chi connectivity index (χ4v) is 8.15. The van der Waals surface area contributed by atoms with Crippen LogP contribution in [0.3, 0.4) is 0 Å². The molecule has 17 nitrogen and oxygen atoms in total. The summed E-state index contributed by atoms with van der Waals surface area (Å²) in [5.41, 5.74) is 0.492. The van der Waals surface area contributed by atoms with Gasteiger partial charge in [0.2, 0.25) is 17.3 Å². The number of anilines is 1. The molecule has 0 spiro atoms. The highest BCUT2D eigenvalue weighted by Gasteiger charge is 2.44. The highest BCUT2D eigenvalue weighted by atomic mass is 31.2. The fraction of sp³-hybridized carbons (Fsp3) is 0.417. The van der Waals surface area contributed by atoms with Crippen LogP contribution in [-0.2, 0) is 52.4 Å². The lowest BCUT2D eigenvalue weighted by Gasteiger charge is -2.27. The molecule has 0 saturated heterocycles. The SMILES string of the molecule is CC(C)C[C@H](NC(=O)[C@@H](CC(=O)c1ccccn1)Cc1ccccc1)B1OCc2ccc(N(C)C(=O)OCCCC(=O)NC(P(=O)(O)O)P(=O)(O)O)cc2CO1. The second-order valence-corrected chi connectivity index (χ2v) is 17.6. The van der Waals surface area contributed by atoms with E-state index in [2.05, 4.69) is 10.3 Å². The van der Waals surface area contributed by atoms with Gasteiger partial charge in [0.05, 0.1) is 25.8 Å². The third-order valence-corrected chi connectivity index (χ3v) is 12.2. The summed E-state index contributed by atoms with van der Waals surface area (Å²) in [7, 11) is -10.1. The lowest BCUT2D eigenvalue weighted by Crippen LogP contribution is -2.51. The maximum absolute atomic E-state index is 14.0. The molecule has 0 saturated carbocycles. The molecule has 20 heteroatoms. The van der Waals surface area contributed by atoms with Gasteiger partial charge >= 0.3 is 28.4 Å². The number of nitrogens with one attached hydrogen (secondary N) is 2. The Morgan fingerprint density at radius 2 is 1.57 bits per heavy atom. The smallest absolute Gasteiger partial charge is 0.449 e. The van der Waals surface area contributed by atoms with Gasteiger partial charge in [0.25, 0.3) is 0 Å². The number of ether oxygens (including phenoxy) is 1. The first-order valence-corrected chi connectivity index (χ1v) is 21.2. The average molecular weight is 817 g/mol. The minimum absolute atomic E-state index is 0.0444. The first kappa shape index (κ1) is 44.5. The maximum Gasteiger partial charge on any atom is 0.481 e. The van der Waals surface area contributed by atoms with Crippen LogP contribution in [0.15, 0.2) is 72.9 Å². The molecule has 3 amide bonds. The highest BCUT2D eigenvalue weighted by Crippen LogP contribution is 2.58. The second kappa shape index (κ2) is 20.3. The van der Waals surface area contributed by atoms with Gasteiger partial charge in [-0.25, -0.2) is 4.79 Å². The summed E-state index contributed by atoms with van der Waals surface area (Å²) in [6.45, 7) is 3.99. The fourth-order valence-electron chi connectivity index (χ4n) is 5.95. The molecule has 3 aromatic rings. The lowest BCUT2D eigenvalue weighted by atomic mass is 9.73. The molecule has 302 valence electrons. The van der Waals surface area contributed by atoms with E-state index in [-0.39, 0.29) is 56.0 Å². The van der Waals surface area contributed by atoms with Crippen LogP contribution in [0.4, 0.5) is 10.5 Å². The van der Waals surface area contributed by atoms with E-state index in [1.807, 2.05) is 44.2 Å². The largest absolute Gasteiger partial charge is 0.481 e. The van der Waals surface area contributed by atoms with Gasteiger partial charge < -0.3 is 44.3 Å². The molecule has 1 aromatic heterocycles. The van der Waals surface area contributed by atoms with Gasteiger partial charge in [0.1, 0.15) is 5.69 Å². The van der Waals surface area contributed by atoms with E-state index in [1.54, 1.807) is 41.7 Å². The predicted octanol–water partition coefficient (Wildman–Crippen LogP) is 3.93. The van der Waals surface area contributed by atoms with Gasteiger partial charge in [-0.15, -0.1) is 0 Å². The van der Waals surface area contributed by atoms with Crippen molar-refractivity contribution in [2.24, 2.45) is 11.8 Å². The number of ketones is 1. The Morgan fingerprint density at radius 1 is 0.911 bits per heavy atom. The number of carbonyl (C=O) groups excluding carboxylic acids is 4. The van der Waals surface area contributed by atoms with E-state index >= 15 is 0 Å². The van der Waals surface area contributed by atoms with Crippen molar-refractivity contribution in [3.8, 4) is 0 Å². The number of amides is 3. The van der Waals surface area contributed by atoms with E-state index in [4.69, 9.17) is 33.6 Å². The van der Waals surface area contributed by atoms with Crippen LogP contribution in [0.25, 0.3) is 0 Å². The standard InChI is InChI=1S/C36H47BN4O13P2/c1-24(2)18-32(39-34(44)27(19-25-10-5-4-6-11-25)21-31(42)30-12-7-8-16-38-30)37-53-22-26-14-15-29(20-28(26)23-54-37)41(3)36(45)52-17-9-13-33(43)40-35(55(46,47)48)56(49,50)51/h4-8,10-12,14-16,20,24,27,32,35H,9,13,17-19,21-23H2,1-3H3,(H,39,44)(H,40,43)(H2,46,47,48)(H2,49,50,51)/t27-,32+/m1/s1. The van der Waals surface area contributed by atoms with Gasteiger partial charge in [-0.1, -0.05) is 56.3 Å². The zero-order valence-corrected chi connectivity index (χ0v) is 33.0. The molecule has 1 aliphatic rings. The lowest BCUT2D eigenvalue weighted by molar-refractivity contribution is -0.125. The van der Waals surface area contributed by atoms with Crippen LogP contribution < -0.4 is 15.5 Å². The Labute approximate surface area is 325 Å². The molecule has 0 fully saturated rings. The Morgan fingerprint density at radius 3 is 2.20 bits per heavy atom. The molecule has 56 heavy (non-hydrogen) atoms. The second-order valence-electron chi connectivity index (χ2n) is 13.8. The van der Waals surface area contributed by atoms with Gasteiger partial charge in [0, 0.05) is 37.7 Å². The van der Waals surface area contributed by atoms with Crippen LogP contribution in [0, 0.1) is 11.8 Å². The number of nitrogens with zero attached hydrogens (tertiary/aromatic N) is 2. The molecule has 0 bridgehead atoms. The third-order valence-electron chi connectivity index (χ3n) is 8.82. The molecule has 2 aromatic carbocycles. The highest BCUT2D eigenvalue weighted by molar-refractivity contribution is 7.70. The number of aromatic nitrogens is 1. The number of fused-ring (bicyclic) bond motifs is 1. The summed E-state index contributed by atoms with van der Waals surface area (Å²) in [4.78, 5) is 94.1. The van der Waals surface area contributed by atoms with Gasteiger partial charge in [-0.2, -0.15) is 0 Å². The zero-order valence-electron chi connectivity index (χ0n) is 31.2. The number of hydrogen-bond acceptors (Lipinski definition) is 10. The van der Waals surface area contributed by atoms with Crippen LogP contribution in [-0.4, -0.2) is 80.5 Å². The van der Waals surface area contributed by atoms with Crippen LogP contribution in [0.1, 0.15) is 66.7 Å². The van der Waals surface area contributed by atoms with Crippen LogP contribution in [0.5, 0.6) is 0 Å². The van der Waals surface area contributed by atoms with Crippen molar-refractivity contribution in [1.29, 1.82) is 0 Å². The van der Waals surface area contributed by atoms with E-state index in [0.29, 0.717) is 18.5 Å². The first-order valence-electron chi connectivity index (χ1n) is 17.9. The van der Waals surface area contributed by atoms with Crippen molar-refractivity contribution in [1.82, 2.24) is 15.6 Å². The zero-order chi connectivity index (χ0) is 41.0. The van der Waals surface area contributed by atoms with Crippen molar-refractivity contribution in [3.63, 3.8) is 0 Å². The van der Waals surface area contributed by atoms with Crippen LogP contribution >= 0.6 is 15.2 Å². The summed E-state index contributed by atoms with van der Waals surface area (Å²) < 4.78 is 40.4. The third kappa shape index (κ3) is 13.5. The minimum atomic E-state index is -5.35. The predicted molar refractivity (Wildman–Crippen MR) is 205 cm³/mol. The molecule has 1 aliphatic heterocycles. The van der Waals surface area contributed by atoms with Crippen molar-refractivity contribution in [2.75, 3.05) is 18.6 Å². The molecular weight excluding hydrogens is 769 g/mol. The maximum atomic E-state index is 14.0. The molecule has 0 aliphatic carbocycles. The molecule has 4 rings (SSSR count). The molecule has 0 unspecified atom stereocenters. The Balaban J connectivity index is 1.36. The Bertz CT molecular complexity index is 1890. The number of hydrogen-bond donors (Lipinski definition) is 6. The summed E-state index contributed by atoms with van der Waals surface area (Å²) in [5, 5.41) is 4.77. The molecule has 0 radical (unpaired) electrons. The van der Waals surface area contributed by atoms with E-state index in [1.165, 1.54) is 18.1 Å². The Hall–Kier alpha value is -4.25. The summed E-state index contributed by atoms with van der Waals surface area (Å²) in [5.74, 6) is -2.70. The Kier molecular flexibility index (Phi) is 16.1. The molecule has 2 heterocycles. The van der Waals surface area contributed by atoms with Crippen molar-refractivity contribution >= 4 is 51.7 Å². The molecule has 6 N–H and O–H groups in total. The van der Waals surface area contributed by atoms with Gasteiger partial charge in [-0.3, -0.25) is 33.4 Å². The van der Waals surface area contributed by atoms with Crippen molar-refractivity contribution in [3.05, 3.63) is 95.3 Å². The van der Waals surface area contributed by atoms with E-state index < -0.39 is 58.1 Å². The average Bonchev–Trinajstić information content (AvgIpc) is 3.36. The van der Waals surface area contributed by atoms with Crippen molar-refractivity contribution in [2.45, 2.75) is 70.6 Å². The summed E-state index contributed by atoms with van der Waals surface area (Å²) >= 11 is 0.